The van der Waals surface area contributed by atoms with E-state index in [2.05, 4.69) is 40.9 Å². The van der Waals surface area contributed by atoms with Crippen LogP contribution in [0.15, 0.2) is 30.9 Å². The van der Waals surface area contributed by atoms with E-state index < -0.39 is 17.7 Å². The molecule has 1 fully saturated rings. The summed E-state index contributed by atoms with van der Waals surface area (Å²) < 4.78 is 12.5. The Labute approximate surface area is 208 Å². The maximum Gasteiger partial charge on any atom is 0.408 e. The van der Waals surface area contributed by atoms with Gasteiger partial charge in [0.25, 0.3) is 0 Å². The number of piperidine rings is 1. The summed E-state index contributed by atoms with van der Waals surface area (Å²) in [7, 11) is 0. The molecule has 14 heteroatoms. The molecule has 1 unspecified atom stereocenters. The number of likely N-dealkylation sites (tertiary alicyclic amines) is 1. The average Bonchev–Trinajstić information content (AvgIpc) is 3.55. The standard InChI is InChI=1S/C22H30N10O4/c1-22(2,3)36-21(34)26-17(13-33)12-30-8-6-18(7-9-30)32-25-10-16(27-32)14-35-19-4-5-20(23-11-19)31-15-24-28-29-31/h4-5,10-11,13,15,17-18H,6-9,12,14H2,1-3H3,(H,26,34). The molecule has 1 atom stereocenters. The minimum atomic E-state index is -0.626. The number of hydrogen-bond acceptors (Lipinski definition) is 11. The molecular weight excluding hydrogens is 468 g/mol. The topological polar surface area (TPSA) is 155 Å². The van der Waals surface area contributed by atoms with Crippen LogP contribution in [-0.2, 0) is 16.1 Å². The minimum absolute atomic E-state index is 0.153. The van der Waals surface area contributed by atoms with E-state index in [1.54, 1.807) is 50.1 Å². The van der Waals surface area contributed by atoms with E-state index in [1.807, 2.05) is 0 Å². The van der Waals surface area contributed by atoms with E-state index >= 15 is 0 Å². The molecule has 3 aromatic heterocycles. The van der Waals surface area contributed by atoms with Gasteiger partial charge in [-0.3, -0.25) is 0 Å². The van der Waals surface area contributed by atoms with Crippen molar-refractivity contribution in [3.05, 3.63) is 36.5 Å². The van der Waals surface area contributed by atoms with E-state index in [1.165, 1.54) is 11.0 Å². The molecule has 0 aliphatic carbocycles. The fourth-order valence-electron chi connectivity index (χ4n) is 3.76. The predicted octanol–water partition coefficient (Wildman–Crippen LogP) is 0.957. The normalized spacial score (nSPS) is 15.9. The fraction of sp³-hybridized carbons (Fsp3) is 0.545. The molecule has 4 rings (SSSR count). The van der Waals surface area contributed by atoms with Gasteiger partial charge in [-0.05, 0) is 56.2 Å². The van der Waals surface area contributed by atoms with Crippen molar-refractivity contribution >= 4 is 12.4 Å². The van der Waals surface area contributed by atoms with Crippen molar-refractivity contribution in [2.75, 3.05) is 19.6 Å². The van der Waals surface area contributed by atoms with Crippen LogP contribution in [0.5, 0.6) is 5.75 Å². The molecule has 3 aromatic rings. The molecule has 1 amide bonds. The summed E-state index contributed by atoms with van der Waals surface area (Å²) in [6.45, 7) is 7.56. The summed E-state index contributed by atoms with van der Waals surface area (Å²) >= 11 is 0. The summed E-state index contributed by atoms with van der Waals surface area (Å²) in [5.74, 6) is 1.18. The maximum atomic E-state index is 12.0. The van der Waals surface area contributed by atoms with Crippen LogP contribution < -0.4 is 10.1 Å². The molecule has 0 spiro atoms. The van der Waals surface area contributed by atoms with E-state index in [-0.39, 0.29) is 12.6 Å². The molecule has 1 aliphatic heterocycles. The van der Waals surface area contributed by atoms with Crippen LogP contribution in [0.1, 0.15) is 45.3 Å². The SMILES string of the molecule is CC(C)(C)OC(=O)NC(C=O)CN1CCC(n2ncc(COc3ccc(-n4cnnn4)nc3)n2)CC1. The number of nitrogens with zero attached hydrogens (tertiary/aromatic N) is 9. The zero-order chi connectivity index (χ0) is 25.5. The van der Waals surface area contributed by atoms with Gasteiger partial charge in [-0.25, -0.2) is 9.78 Å². The second kappa shape index (κ2) is 11.2. The number of ether oxygens (including phenoxy) is 2. The van der Waals surface area contributed by atoms with Gasteiger partial charge in [-0.2, -0.15) is 19.7 Å². The number of carbonyl (C=O) groups excluding carboxylic acids is 2. The number of amides is 1. The lowest BCUT2D eigenvalue weighted by Gasteiger charge is -2.33. The number of nitrogens with one attached hydrogen (secondary N) is 1. The first-order chi connectivity index (χ1) is 17.3. The largest absolute Gasteiger partial charge is 0.486 e. The first-order valence-corrected chi connectivity index (χ1v) is 11.7. The highest BCUT2D eigenvalue weighted by Crippen LogP contribution is 2.21. The Kier molecular flexibility index (Phi) is 7.83. The summed E-state index contributed by atoms with van der Waals surface area (Å²) in [4.78, 5) is 31.6. The monoisotopic (exact) mass is 498 g/mol. The zero-order valence-corrected chi connectivity index (χ0v) is 20.5. The van der Waals surface area contributed by atoms with Gasteiger partial charge in [-0.15, -0.1) is 5.10 Å². The Hall–Kier alpha value is -3.94. The predicted molar refractivity (Wildman–Crippen MR) is 125 cm³/mol. The number of carbonyl (C=O) groups is 2. The van der Waals surface area contributed by atoms with Gasteiger partial charge in [0.15, 0.2) is 5.82 Å². The van der Waals surface area contributed by atoms with Gasteiger partial charge in [0, 0.05) is 19.6 Å². The zero-order valence-electron chi connectivity index (χ0n) is 20.5. The van der Waals surface area contributed by atoms with Gasteiger partial charge in [0.2, 0.25) is 0 Å². The molecule has 1 N–H and O–H groups in total. The van der Waals surface area contributed by atoms with Crippen molar-refractivity contribution in [1.82, 2.24) is 50.4 Å². The number of hydrogen-bond donors (Lipinski definition) is 1. The van der Waals surface area contributed by atoms with Crippen LogP contribution in [0, 0.1) is 0 Å². The van der Waals surface area contributed by atoms with Crippen LogP contribution in [-0.4, -0.2) is 88.7 Å². The molecule has 0 bridgehead atoms. The highest BCUT2D eigenvalue weighted by molar-refractivity contribution is 5.73. The third-order valence-corrected chi connectivity index (χ3v) is 5.45. The maximum absolute atomic E-state index is 12.0. The molecule has 192 valence electrons. The van der Waals surface area contributed by atoms with Crippen molar-refractivity contribution in [3.8, 4) is 11.6 Å². The molecule has 0 saturated carbocycles. The first kappa shape index (κ1) is 25.2. The van der Waals surface area contributed by atoms with Crippen molar-refractivity contribution in [3.63, 3.8) is 0 Å². The van der Waals surface area contributed by atoms with Crippen LogP contribution in [0.25, 0.3) is 5.82 Å². The van der Waals surface area contributed by atoms with Crippen molar-refractivity contribution < 1.29 is 19.1 Å². The van der Waals surface area contributed by atoms with E-state index in [9.17, 15) is 9.59 Å². The number of tetrazole rings is 1. The number of aldehydes is 1. The molecule has 14 nitrogen and oxygen atoms in total. The highest BCUT2D eigenvalue weighted by atomic mass is 16.6. The van der Waals surface area contributed by atoms with Gasteiger partial charge < -0.3 is 24.5 Å². The molecular formula is C22H30N10O4. The van der Waals surface area contributed by atoms with E-state index in [0.717, 1.165) is 32.2 Å². The Balaban J connectivity index is 1.21. The summed E-state index contributed by atoms with van der Waals surface area (Å²) in [5.41, 5.74) is 0.0960. The summed E-state index contributed by atoms with van der Waals surface area (Å²) in [6.07, 6.45) is 6.57. The highest BCUT2D eigenvalue weighted by Gasteiger charge is 2.26. The van der Waals surface area contributed by atoms with Gasteiger partial charge >= 0.3 is 6.09 Å². The van der Waals surface area contributed by atoms with Crippen LogP contribution in [0.4, 0.5) is 4.79 Å². The molecule has 1 saturated heterocycles. The van der Waals surface area contributed by atoms with Gasteiger partial charge in [-0.1, -0.05) is 0 Å². The van der Waals surface area contributed by atoms with Crippen LogP contribution in [0.3, 0.4) is 0 Å². The first-order valence-electron chi connectivity index (χ1n) is 11.7. The lowest BCUT2D eigenvalue weighted by molar-refractivity contribution is -0.110. The Morgan fingerprint density at radius 2 is 2.06 bits per heavy atom. The number of pyridine rings is 1. The second-order valence-corrected chi connectivity index (χ2v) is 9.47. The smallest absolute Gasteiger partial charge is 0.408 e. The number of aromatic nitrogens is 8. The third-order valence-electron chi connectivity index (χ3n) is 5.45. The average molecular weight is 499 g/mol. The molecule has 0 radical (unpaired) electrons. The lowest BCUT2D eigenvalue weighted by Crippen LogP contribution is -2.48. The summed E-state index contributed by atoms with van der Waals surface area (Å²) in [5, 5.41) is 22.6. The van der Waals surface area contributed by atoms with E-state index in [4.69, 9.17) is 9.47 Å². The van der Waals surface area contributed by atoms with E-state index in [0.29, 0.717) is 23.8 Å². The van der Waals surface area contributed by atoms with Crippen molar-refractivity contribution in [1.29, 1.82) is 0 Å². The quantitative estimate of drug-likeness (QED) is 0.419. The van der Waals surface area contributed by atoms with Crippen molar-refractivity contribution in [2.45, 2.75) is 57.9 Å². The van der Waals surface area contributed by atoms with Gasteiger partial charge in [0.05, 0.1) is 18.4 Å². The summed E-state index contributed by atoms with van der Waals surface area (Å²) in [6, 6.07) is 3.07. The Morgan fingerprint density at radius 3 is 2.69 bits per heavy atom. The molecule has 36 heavy (non-hydrogen) atoms. The third kappa shape index (κ3) is 7.04. The number of rotatable bonds is 9. The molecule has 4 heterocycles. The fourth-order valence-corrected chi connectivity index (χ4v) is 3.76. The van der Waals surface area contributed by atoms with Crippen molar-refractivity contribution in [2.24, 2.45) is 0 Å². The van der Waals surface area contributed by atoms with Crippen LogP contribution in [0.2, 0.25) is 0 Å². The van der Waals surface area contributed by atoms with Crippen LogP contribution >= 0.6 is 0 Å². The Morgan fingerprint density at radius 1 is 1.25 bits per heavy atom. The Bertz CT molecular complexity index is 1120. The minimum Gasteiger partial charge on any atom is -0.486 e. The number of alkyl carbamates (subject to hydrolysis) is 1. The van der Waals surface area contributed by atoms with Gasteiger partial charge in [0.1, 0.15) is 42.3 Å². The molecule has 1 aliphatic rings. The molecule has 0 aromatic carbocycles. The lowest BCUT2D eigenvalue weighted by atomic mass is 10.1. The second-order valence-electron chi connectivity index (χ2n) is 9.47.